The van der Waals surface area contributed by atoms with Crippen LogP contribution in [0.15, 0.2) is 30.5 Å². The third-order valence-electron chi connectivity index (χ3n) is 5.65. The molecule has 3 rings (SSSR count). The topological polar surface area (TPSA) is 86.1 Å². The van der Waals surface area contributed by atoms with Crippen LogP contribution in [-0.2, 0) is 6.54 Å². The fourth-order valence-electron chi connectivity index (χ4n) is 3.84. The van der Waals surface area contributed by atoms with Crippen LogP contribution < -0.4 is 15.4 Å². The molecule has 0 unspecified atom stereocenters. The van der Waals surface area contributed by atoms with Crippen molar-refractivity contribution in [1.29, 1.82) is 5.26 Å². The molecule has 1 aliphatic rings. The minimum atomic E-state index is -4.77. The number of alkyl halides is 3. The SMILES string of the molecule is CN(C)C1CCC(CNc2nc(NCc3ccccc3OC(F)(F)F)ncc2C#N)CC1. The number of aromatic nitrogens is 2. The van der Waals surface area contributed by atoms with Gasteiger partial charge >= 0.3 is 6.36 Å². The van der Waals surface area contributed by atoms with Gasteiger partial charge in [-0.15, -0.1) is 13.2 Å². The Morgan fingerprint density at radius 1 is 1.16 bits per heavy atom. The van der Waals surface area contributed by atoms with E-state index in [0.717, 1.165) is 25.7 Å². The first-order chi connectivity index (χ1) is 15.2. The highest BCUT2D eigenvalue weighted by Gasteiger charge is 2.32. The van der Waals surface area contributed by atoms with Gasteiger partial charge in [-0.25, -0.2) is 4.98 Å². The third-order valence-corrected chi connectivity index (χ3v) is 5.65. The monoisotopic (exact) mass is 448 g/mol. The molecule has 0 radical (unpaired) electrons. The molecule has 0 atom stereocenters. The molecule has 2 N–H and O–H groups in total. The van der Waals surface area contributed by atoms with Gasteiger partial charge in [0.15, 0.2) is 0 Å². The van der Waals surface area contributed by atoms with E-state index in [2.05, 4.69) is 50.4 Å². The summed E-state index contributed by atoms with van der Waals surface area (Å²) in [4.78, 5) is 10.7. The third kappa shape index (κ3) is 6.72. The van der Waals surface area contributed by atoms with Crippen molar-refractivity contribution in [2.24, 2.45) is 5.92 Å². The first-order valence-electron chi connectivity index (χ1n) is 10.5. The van der Waals surface area contributed by atoms with Gasteiger partial charge < -0.3 is 20.3 Å². The van der Waals surface area contributed by atoms with Gasteiger partial charge in [0.25, 0.3) is 0 Å². The molecule has 1 heterocycles. The van der Waals surface area contributed by atoms with Crippen molar-refractivity contribution in [1.82, 2.24) is 14.9 Å². The van der Waals surface area contributed by atoms with E-state index in [4.69, 9.17) is 0 Å². The van der Waals surface area contributed by atoms with Gasteiger partial charge in [-0.05, 0) is 51.8 Å². The lowest BCUT2D eigenvalue weighted by Gasteiger charge is -2.32. The largest absolute Gasteiger partial charge is 0.573 e. The lowest BCUT2D eigenvalue weighted by atomic mass is 9.85. The Balaban J connectivity index is 1.62. The first-order valence-corrected chi connectivity index (χ1v) is 10.5. The molecular formula is C22H27F3N6O. The van der Waals surface area contributed by atoms with E-state index in [1.54, 1.807) is 6.07 Å². The highest BCUT2D eigenvalue weighted by atomic mass is 19.4. The van der Waals surface area contributed by atoms with E-state index in [0.29, 0.717) is 35.4 Å². The second kappa shape index (κ2) is 10.5. The quantitative estimate of drug-likeness (QED) is 0.619. The van der Waals surface area contributed by atoms with Crippen LogP contribution in [0, 0.1) is 17.2 Å². The van der Waals surface area contributed by atoms with Crippen molar-refractivity contribution in [3.63, 3.8) is 0 Å². The normalized spacial score (nSPS) is 18.8. The van der Waals surface area contributed by atoms with Crippen molar-refractivity contribution in [2.45, 2.75) is 44.6 Å². The smallest absolute Gasteiger partial charge is 0.405 e. The molecule has 32 heavy (non-hydrogen) atoms. The van der Waals surface area contributed by atoms with Gasteiger partial charge in [-0.3, -0.25) is 0 Å². The Hall–Kier alpha value is -3.06. The summed E-state index contributed by atoms with van der Waals surface area (Å²) in [6.07, 6.45) is 1.11. The molecule has 2 aromatic rings. The van der Waals surface area contributed by atoms with Crippen LogP contribution in [-0.4, -0.2) is 47.9 Å². The number of rotatable bonds is 8. The zero-order chi connectivity index (χ0) is 23.1. The molecule has 10 heteroatoms. The predicted molar refractivity (Wildman–Crippen MR) is 115 cm³/mol. The Morgan fingerprint density at radius 2 is 1.88 bits per heavy atom. The Morgan fingerprint density at radius 3 is 2.53 bits per heavy atom. The molecule has 0 aliphatic heterocycles. The zero-order valence-electron chi connectivity index (χ0n) is 18.1. The Labute approximate surface area is 185 Å². The van der Waals surface area contributed by atoms with E-state index in [9.17, 15) is 18.4 Å². The lowest BCUT2D eigenvalue weighted by Crippen LogP contribution is -2.33. The van der Waals surface area contributed by atoms with Crippen molar-refractivity contribution >= 4 is 11.8 Å². The van der Waals surface area contributed by atoms with Gasteiger partial charge in [-0.1, -0.05) is 18.2 Å². The number of para-hydroxylation sites is 1. The van der Waals surface area contributed by atoms with E-state index >= 15 is 0 Å². The number of benzene rings is 1. The summed E-state index contributed by atoms with van der Waals surface area (Å²) in [6.45, 7) is 0.736. The zero-order valence-corrected chi connectivity index (χ0v) is 18.1. The maximum atomic E-state index is 12.6. The van der Waals surface area contributed by atoms with Crippen LogP contribution in [0.5, 0.6) is 5.75 Å². The van der Waals surface area contributed by atoms with E-state index in [1.807, 2.05) is 0 Å². The first kappa shape index (κ1) is 23.6. The van der Waals surface area contributed by atoms with Crippen molar-refractivity contribution < 1.29 is 17.9 Å². The Kier molecular flexibility index (Phi) is 7.75. The summed E-state index contributed by atoms with van der Waals surface area (Å²) in [7, 11) is 4.21. The molecule has 1 fully saturated rings. The second-order valence-corrected chi connectivity index (χ2v) is 8.10. The van der Waals surface area contributed by atoms with Gasteiger partial charge in [0.2, 0.25) is 5.95 Å². The van der Waals surface area contributed by atoms with Crippen molar-refractivity contribution in [3.05, 3.63) is 41.6 Å². The van der Waals surface area contributed by atoms with E-state index < -0.39 is 6.36 Å². The maximum absolute atomic E-state index is 12.6. The van der Waals surface area contributed by atoms with Gasteiger partial charge in [0.1, 0.15) is 23.2 Å². The number of nitriles is 1. The minimum Gasteiger partial charge on any atom is -0.405 e. The van der Waals surface area contributed by atoms with Gasteiger partial charge in [0, 0.05) is 24.7 Å². The standard InChI is InChI=1S/C22H27F3N6O/c1-31(2)18-9-7-15(8-10-18)12-27-20-17(11-26)14-29-21(30-20)28-13-16-5-3-4-6-19(16)32-22(23,24)25/h3-6,14-15,18H,7-10,12-13H2,1-2H3,(H2,27,28,29,30). The van der Waals surface area contributed by atoms with Crippen LogP contribution in [0.25, 0.3) is 0 Å². The molecule has 1 aliphatic carbocycles. The van der Waals surface area contributed by atoms with Crippen LogP contribution in [0.4, 0.5) is 24.9 Å². The number of ether oxygens (including phenoxy) is 1. The summed E-state index contributed by atoms with van der Waals surface area (Å²) in [5.41, 5.74) is 0.628. The molecular weight excluding hydrogens is 421 g/mol. The highest BCUT2D eigenvalue weighted by molar-refractivity contribution is 5.53. The van der Waals surface area contributed by atoms with E-state index in [-0.39, 0.29) is 18.2 Å². The molecule has 1 saturated carbocycles. The number of hydrogen-bond donors (Lipinski definition) is 2. The average Bonchev–Trinajstić information content (AvgIpc) is 2.76. The fourth-order valence-corrected chi connectivity index (χ4v) is 3.84. The average molecular weight is 448 g/mol. The Bertz CT molecular complexity index is 936. The molecule has 0 saturated heterocycles. The summed E-state index contributed by atoms with van der Waals surface area (Å²) >= 11 is 0. The summed E-state index contributed by atoms with van der Waals surface area (Å²) in [5.74, 6) is 0.840. The second-order valence-electron chi connectivity index (χ2n) is 8.10. The van der Waals surface area contributed by atoms with Crippen molar-refractivity contribution in [3.8, 4) is 11.8 Å². The van der Waals surface area contributed by atoms with Crippen LogP contribution in [0.3, 0.4) is 0 Å². The molecule has 7 nitrogen and oxygen atoms in total. The van der Waals surface area contributed by atoms with Crippen molar-refractivity contribution in [2.75, 3.05) is 31.3 Å². The lowest BCUT2D eigenvalue weighted by molar-refractivity contribution is -0.274. The minimum absolute atomic E-state index is 0.0339. The van der Waals surface area contributed by atoms with Gasteiger partial charge in [-0.2, -0.15) is 10.2 Å². The highest BCUT2D eigenvalue weighted by Crippen LogP contribution is 2.28. The number of hydrogen-bond acceptors (Lipinski definition) is 7. The molecule has 0 bridgehead atoms. The fraction of sp³-hybridized carbons (Fsp3) is 0.500. The van der Waals surface area contributed by atoms with E-state index in [1.165, 1.54) is 24.4 Å². The maximum Gasteiger partial charge on any atom is 0.573 e. The summed E-state index contributed by atoms with van der Waals surface area (Å²) in [5, 5.41) is 15.5. The summed E-state index contributed by atoms with van der Waals surface area (Å²) < 4.78 is 41.9. The molecule has 0 spiro atoms. The number of nitrogens with one attached hydrogen (secondary N) is 2. The molecule has 172 valence electrons. The predicted octanol–water partition coefficient (Wildman–Crippen LogP) is 4.39. The summed E-state index contributed by atoms with van der Waals surface area (Å²) in [6, 6.07) is 8.56. The van der Waals surface area contributed by atoms with Crippen LogP contribution >= 0.6 is 0 Å². The van der Waals surface area contributed by atoms with Crippen LogP contribution in [0.1, 0.15) is 36.8 Å². The molecule has 0 amide bonds. The molecule has 1 aromatic heterocycles. The number of halogens is 3. The van der Waals surface area contributed by atoms with Gasteiger partial charge in [0.05, 0.1) is 6.20 Å². The number of anilines is 2. The number of nitrogens with zero attached hydrogens (tertiary/aromatic N) is 4. The van der Waals surface area contributed by atoms with Crippen LogP contribution in [0.2, 0.25) is 0 Å². The molecule has 1 aromatic carbocycles.